The summed E-state index contributed by atoms with van der Waals surface area (Å²) in [6.07, 6.45) is 1.71. The van der Waals surface area contributed by atoms with Gasteiger partial charge in [-0.1, -0.05) is 24.3 Å². The quantitative estimate of drug-likeness (QED) is 0.555. The molecule has 2 aromatic carbocycles. The minimum atomic E-state index is -3.86. The number of hydrogen-bond acceptors (Lipinski definition) is 6. The molecule has 1 aromatic heterocycles. The molecule has 1 N–H and O–H groups in total. The van der Waals surface area contributed by atoms with Crippen molar-refractivity contribution in [2.75, 3.05) is 47.4 Å². The summed E-state index contributed by atoms with van der Waals surface area (Å²) in [6.45, 7) is 6.72. The van der Waals surface area contributed by atoms with Crippen LogP contribution in [0.2, 0.25) is 0 Å². The highest BCUT2D eigenvalue weighted by molar-refractivity contribution is 7.92. The summed E-state index contributed by atoms with van der Waals surface area (Å²) in [5, 5.41) is 2.76. The molecular formula is C25H28N4O4S. The van der Waals surface area contributed by atoms with E-state index in [1.807, 2.05) is 12.1 Å². The third kappa shape index (κ3) is 5.05. The van der Waals surface area contributed by atoms with Gasteiger partial charge in [-0.2, -0.15) is 0 Å². The summed E-state index contributed by atoms with van der Waals surface area (Å²) < 4.78 is 33.7. The SMILES string of the molecule is CCN(c1ccccc1)S(=O)(=O)c1cc(C(=O)Nc2ccc(N3CCOCC3)cn2)ccc1C. The Labute approximate surface area is 200 Å². The molecule has 1 aliphatic heterocycles. The van der Waals surface area contributed by atoms with Gasteiger partial charge in [0.05, 0.1) is 35.7 Å². The van der Waals surface area contributed by atoms with Crippen LogP contribution < -0.4 is 14.5 Å². The van der Waals surface area contributed by atoms with E-state index < -0.39 is 15.9 Å². The smallest absolute Gasteiger partial charge is 0.264 e. The Morgan fingerprint density at radius 1 is 1.09 bits per heavy atom. The zero-order chi connectivity index (χ0) is 24.1. The van der Waals surface area contributed by atoms with Gasteiger partial charge in [0.15, 0.2) is 0 Å². The zero-order valence-electron chi connectivity index (χ0n) is 19.3. The van der Waals surface area contributed by atoms with Gasteiger partial charge in [0, 0.05) is 25.2 Å². The number of benzene rings is 2. The van der Waals surface area contributed by atoms with E-state index >= 15 is 0 Å². The first-order valence-corrected chi connectivity index (χ1v) is 12.6. The Morgan fingerprint density at radius 2 is 1.82 bits per heavy atom. The molecule has 0 aliphatic carbocycles. The van der Waals surface area contributed by atoms with E-state index in [1.165, 1.54) is 10.4 Å². The molecule has 0 bridgehead atoms. The van der Waals surface area contributed by atoms with Crippen molar-refractivity contribution >= 4 is 33.1 Å². The van der Waals surface area contributed by atoms with E-state index in [0.717, 1.165) is 18.8 Å². The van der Waals surface area contributed by atoms with Gasteiger partial charge in [0.1, 0.15) is 5.82 Å². The highest BCUT2D eigenvalue weighted by Gasteiger charge is 2.26. The maximum Gasteiger partial charge on any atom is 0.264 e. The minimum absolute atomic E-state index is 0.0986. The Bertz CT molecular complexity index is 1240. The Kier molecular flexibility index (Phi) is 7.14. The van der Waals surface area contributed by atoms with Crippen molar-refractivity contribution < 1.29 is 17.9 Å². The van der Waals surface area contributed by atoms with Crippen molar-refractivity contribution in [3.8, 4) is 0 Å². The molecule has 8 nitrogen and oxygen atoms in total. The van der Waals surface area contributed by atoms with Crippen LogP contribution in [0.15, 0.2) is 71.8 Å². The predicted octanol–water partition coefficient (Wildman–Crippen LogP) is 3.69. The van der Waals surface area contributed by atoms with Gasteiger partial charge in [-0.25, -0.2) is 13.4 Å². The molecule has 4 rings (SSSR count). The van der Waals surface area contributed by atoms with E-state index in [0.29, 0.717) is 30.3 Å². The highest BCUT2D eigenvalue weighted by Crippen LogP contribution is 2.26. The molecule has 0 saturated carbocycles. The van der Waals surface area contributed by atoms with Crippen molar-refractivity contribution in [2.45, 2.75) is 18.7 Å². The van der Waals surface area contributed by atoms with E-state index in [1.54, 1.807) is 62.5 Å². The van der Waals surface area contributed by atoms with Gasteiger partial charge >= 0.3 is 0 Å². The number of anilines is 3. The number of hydrogen-bond donors (Lipinski definition) is 1. The number of nitrogens with zero attached hydrogens (tertiary/aromatic N) is 3. The lowest BCUT2D eigenvalue weighted by Gasteiger charge is -2.28. The summed E-state index contributed by atoms with van der Waals surface area (Å²) in [6, 6.07) is 17.2. The molecule has 34 heavy (non-hydrogen) atoms. The number of morpholine rings is 1. The number of carbonyl (C=O) groups excluding carboxylic acids is 1. The average molecular weight is 481 g/mol. The lowest BCUT2D eigenvalue weighted by atomic mass is 10.1. The van der Waals surface area contributed by atoms with Gasteiger partial charge in [-0.3, -0.25) is 9.10 Å². The number of pyridine rings is 1. The number of amides is 1. The van der Waals surface area contributed by atoms with Crippen LogP contribution in [0.3, 0.4) is 0 Å². The molecule has 0 atom stereocenters. The standard InChI is InChI=1S/C25H28N4O4S/c1-3-29(21-7-5-4-6-8-21)34(31,32)23-17-20(10-9-19(23)2)25(30)27-24-12-11-22(18-26-24)28-13-15-33-16-14-28/h4-12,17-18H,3,13-16H2,1-2H3,(H,26,27,30). The second-order valence-electron chi connectivity index (χ2n) is 7.94. The largest absolute Gasteiger partial charge is 0.378 e. The molecule has 1 aliphatic rings. The number of sulfonamides is 1. The number of aryl methyl sites for hydroxylation is 1. The lowest BCUT2D eigenvalue weighted by Crippen LogP contribution is -2.36. The maximum absolute atomic E-state index is 13.5. The molecule has 1 amide bonds. The average Bonchev–Trinajstić information content (AvgIpc) is 2.86. The van der Waals surface area contributed by atoms with Gasteiger partial charge in [-0.05, 0) is 55.8 Å². The van der Waals surface area contributed by atoms with Crippen molar-refractivity contribution in [1.82, 2.24) is 4.98 Å². The third-order valence-corrected chi connectivity index (χ3v) is 7.76. The van der Waals surface area contributed by atoms with Gasteiger partial charge < -0.3 is 15.0 Å². The zero-order valence-corrected chi connectivity index (χ0v) is 20.1. The number of ether oxygens (including phenoxy) is 1. The molecule has 178 valence electrons. The third-order valence-electron chi connectivity index (χ3n) is 5.72. The van der Waals surface area contributed by atoms with Crippen LogP contribution in [0.4, 0.5) is 17.2 Å². The predicted molar refractivity (Wildman–Crippen MR) is 133 cm³/mol. The molecule has 0 radical (unpaired) electrons. The second kappa shape index (κ2) is 10.2. The van der Waals surface area contributed by atoms with Crippen LogP contribution in [-0.2, 0) is 14.8 Å². The minimum Gasteiger partial charge on any atom is -0.378 e. The number of rotatable bonds is 7. The van der Waals surface area contributed by atoms with Crippen LogP contribution in [0.1, 0.15) is 22.8 Å². The topological polar surface area (TPSA) is 91.8 Å². The van der Waals surface area contributed by atoms with Crippen molar-refractivity contribution in [3.63, 3.8) is 0 Å². The van der Waals surface area contributed by atoms with E-state index in [-0.39, 0.29) is 17.0 Å². The van der Waals surface area contributed by atoms with E-state index in [2.05, 4.69) is 15.2 Å². The Hall–Kier alpha value is -3.43. The number of para-hydroxylation sites is 1. The number of aromatic nitrogens is 1. The van der Waals surface area contributed by atoms with Gasteiger partial charge in [0.2, 0.25) is 0 Å². The summed E-state index contributed by atoms with van der Waals surface area (Å²) in [4.78, 5) is 19.5. The molecule has 9 heteroatoms. The molecule has 3 aromatic rings. The van der Waals surface area contributed by atoms with Gasteiger partial charge in [-0.15, -0.1) is 0 Å². The number of nitrogens with one attached hydrogen (secondary N) is 1. The fourth-order valence-corrected chi connectivity index (χ4v) is 5.61. The number of carbonyl (C=O) groups is 1. The van der Waals surface area contributed by atoms with Crippen LogP contribution in [0.25, 0.3) is 0 Å². The monoisotopic (exact) mass is 480 g/mol. The first kappa shape index (κ1) is 23.7. The fraction of sp³-hybridized carbons (Fsp3) is 0.280. The summed E-state index contributed by atoms with van der Waals surface area (Å²) >= 11 is 0. The molecule has 0 spiro atoms. The van der Waals surface area contributed by atoms with Crippen molar-refractivity contribution in [3.05, 3.63) is 78.0 Å². The molecule has 1 fully saturated rings. The van der Waals surface area contributed by atoms with Crippen LogP contribution in [-0.4, -0.2) is 52.2 Å². The Morgan fingerprint density at radius 3 is 2.47 bits per heavy atom. The first-order valence-electron chi connectivity index (χ1n) is 11.2. The second-order valence-corrected chi connectivity index (χ2v) is 9.77. The van der Waals surface area contributed by atoms with E-state index in [9.17, 15) is 13.2 Å². The lowest BCUT2D eigenvalue weighted by molar-refractivity contribution is 0.102. The van der Waals surface area contributed by atoms with Crippen LogP contribution in [0, 0.1) is 6.92 Å². The van der Waals surface area contributed by atoms with E-state index in [4.69, 9.17) is 4.74 Å². The maximum atomic E-state index is 13.5. The van der Waals surface area contributed by atoms with Crippen molar-refractivity contribution in [1.29, 1.82) is 0 Å². The molecular weight excluding hydrogens is 452 g/mol. The molecule has 0 unspecified atom stereocenters. The summed E-state index contributed by atoms with van der Waals surface area (Å²) in [5.41, 5.74) is 2.35. The molecule has 1 saturated heterocycles. The normalized spacial score (nSPS) is 14.0. The summed E-state index contributed by atoms with van der Waals surface area (Å²) in [5.74, 6) is -0.0303. The van der Waals surface area contributed by atoms with Gasteiger partial charge in [0.25, 0.3) is 15.9 Å². The summed E-state index contributed by atoms with van der Waals surface area (Å²) in [7, 11) is -3.86. The Balaban J connectivity index is 1.55. The highest BCUT2D eigenvalue weighted by atomic mass is 32.2. The van der Waals surface area contributed by atoms with Crippen molar-refractivity contribution in [2.24, 2.45) is 0 Å². The fourth-order valence-electron chi connectivity index (χ4n) is 3.88. The van der Waals surface area contributed by atoms with Crippen LogP contribution >= 0.6 is 0 Å². The van der Waals surface area contributed by atoms with Crippen LogP contribution in [0.5, 0.6) is 0 Å². The molecule has 2 heterocycles. The first-order chi connectivity index (χ1) is 16.4.